The molecule has 1 atom stereocenters. The van der Waals surface area contributed by atoms with Crippen molar-refractivity contribution in [3.05, 3.63) is 65.5 Å². The summed E-state index contributed by atoms with van der Waals surface area (Å²) in [6.07, 6.45) is -0.171. The van der Waals surface area contributed by atoms with E-state index in [2.05, 4.69) is 38.9 Å². The number of hydrogen-bond donors (Lipinski definition) is 0. The van der Waals surface area contributed by atoms with Gasteiger partial charge in [0.25, 0.3) is 8.32 Å². The van der Waals surface area contributed by atoms with Gasteiger partial charge in [-0.15, -0.1) is 0 Å². The van der Waals surface area contributed by atoms with Crippen LogP contribution < -0.4 is 4.43 Å². The molecule has 138 valence electrons. The summed E-state index contributed by atoms with van der Waals surface area (Å²) in [4.78, 5) is 4.42. The van der Waals surface area contributed by atoms with E-state index < -0.39 is 14.1 Å². The van der Waals surface area contributed by atoms with Crippen LogP contribution >= 0.6 is 0 Å². The first-order chi connectivity index (χ1) is 12.2. The number of halogens is 1. The number of benzene rings is 2. The van der Waals surface area contributed by atoms with E-state index in [0.29, 0.717) is 18.0 Å². The van der Waals surface area contributed by atoms with E-state index in [-0.39, 0.29) is 16.9 Å². The number of hydrogen-bond acceptors (Lipinski definition) is 3. The van der Waals surface area contributed by atoms with Crippen molar-refractivity contribution in [2.24, 2.45) is 4.99 Å². The van der Waals surface area contributed by atoms with Gasteiger partial charge in [0.05, 0.1) is 12.1 Å². The van der Waals surface area contributed by atoms with Crippen LogP contribution in [0.15, 0.2) is 53.5 Å². The Kier molecular flexibility index (Phi) is 4.93. The molecule has 3 rings (SSSR count). The van der Waals surface area contributed by atoms with Crippen molar-refractivity contribution in [3.8, 4) is 5.75 Å². The van der Waals surface area contributed by atoms with E-state index in [0.717, 1.165) is 5.56 Å². The maximum absolute atomic E-state index is 15.1. The first-order valence-electron chi connectivity index (χ1n) is 8.93. The van der Waals surface area contributed by atoms with Crippen LogP contribution in [0.5, 0.6) is 5.75 Å². The van der Waals surface area contributed by atoms with Gasteiger partial charge >= 0.3 is 0 Å². The lowest BCUT2D eigenvalue weighted by Crippen LogP contribution is -2.44. The molecule has 0 bridgehead atoms. The Bertz CT molecular complexity index is 813. The fourth-order valence-corrected chi connectivity index (χ4v) is 3.56. The summed E-state index contributed by atoms with van der Waals surface area (Å²) in [6, 6.07) is 15.1. The summed E-state index contributed by atoms with van der Waals surface area (Å²) in [5, 5.41) is -0.00474. The highest BCUT2D eigenvalue weighted by atomic mass is 28.4. The van der Waals surface area contributed by atoms with Crippen molar-refractivity contribution in [1.29, 1.82) is 0 Å². The Labute approximate surface area is 156 Å². The lowest BCUT2D eigenvalue weighted by atomic mass is 10.1. The summed E-state index contributed by atoms with van der Waals surface area (Å²) < 4.78 is 27.2. The fraction of sp³-hybridized carbons (Fsp3) is 0.381. The Hall–Kier alpha value is -2.14. The van der Waals surface area contributed by atoms with E-state index in [1.54, 1.807) is 18.2 Å². The molecule has 1 unspecified atom stereocenters. The molecule has 0 N–H and O–H groups in total. The molecule has 2 aromatic rings. The van der Waals surface area contributed by atoms with Crippen molar-refractivity contribution in [3.63, 3.8) is 0 Å². The van der Waals surface area contributed by atoms with Gasteiger partial charge < -0.3 is 9.16 Å². The lowest BCUT2D eigenvalue weighted by molar-refractivity contribution is 0.229. The minimum Gasteiger partial charge on any atom is -0.542 e. The monoisotopic (exact) mass is 371 g/mol. The number of aliphatic imine (C=N–C) groups is 1. The zero-order chi connectivity index (χ0) is 18.9. The van der Waals surface area contributed by atoms with Gasteiger partial charge in [0.15, 0.2) is 5.82 Å². The minimum atomic E-state index is -2.13. The predicted octanol–water partition coefficient (Wildman–Crippen LogP) is 5.73. The molecule has 5 heteroatoms. The molecule has 26 heavy (non-hydrogen) atoms. The maximum Gasteiger partial charge on any atom is 0.250 e. The van der Waals surface area contributed by atoms with Crippen molar-refractivity contribution < 1.29 is 13.6 Å². The molecule has 0 saturated carbocycles. The lowest BCUT2D eigenvalue weighted by Gasteiger charge is -2.36. The van der Waals surface area contributed by atoms with Crippen LogP contribution in [0.25, 0.3) is 0 Å². The average molecular weight is 372 g/mol. The Morgan fingerprint density at radius 2 is 1.77 bits per heavy atom. The molecule has 0 saturated heterocycles. The summed E-state index contributed by atoms with van der Waals surface area (Å²) in [5.41, 5.74) is 1.40. The smallest absolute Gasteiger partial charge is 0.250 e. The number of ether oxygens (including phenoxy) is 1. The van der Waals surface area contributed by atoms with Crippen molar-refractivity contribution in [2.75, 3.05) is 6.54 Å². The molecule has 0 amide bonds. The largest absolute Gasteiger partial charge is 0.542 e. The quantitative estimate of drug-likeness (QED) is 0.643. The molecule has 0 radical (unpaired) electrons. The highest BCUT2D eigenvalue weighted by molar-refractivity contribution is 6.74. The fourth-order valence-electron chi connectivity index (χ4n) is 2.55. The third kappa shape index (κ3) is 3.68. The number of nitrogens with zero attached hydrogens (tertiary/aromatic N) is 1. The first-order valence-corrected chi connectivity index (χ1v) is 11.8. The van der Waals surface area contributed by atoms with Crippen molar-refractivity contribution in [1.82, 2.24) is 0 Å². The standard InChI is InChI=1S/C21H26FNO2Si/c1-21(2,3)26(4,5)25-17-13-9-12-16(19(17)22)20-23-14-18(24-20)15-10-7-6-8-11-15/h6-13,18H,14H2,1-5H3. The van der Waals surface area contributed by atoms with Gasteiger partial charge in [-0.1, -0.05) is 57.2 Å². The molecule has 0 spiro atoms. The second-order valence-electron chi connectivity index (χ2n) is 8.14. The van der Waals surface area contributed by atoms with Crippen molar-refractivity contribution >= 4 is 14.2 Å². The van der Waals surface area contributed by atoms with Gasteiger partial charge in [-0.2, -0.15) is 0 Å². The van der Waals surface area contributed by atoms with Gasteiger partial charge in [0.2, 0.25) is 5.90 Å². The molecule has 0 aromatic heterocycles. The molecule has 3 nitrogen and oxygen atoms in total. The SMILES string of the molecule is CC(C)(C)[Si](C)(C)Oc1cccc(C2=NCC(c3ccccc3)O2)c1F. The summed E-state index contributed by atoms with van der Waals surface area (Å²) in [5.74, 6) is 0.227. The van der Waals surface area contributed by atoms with Gasteiger partial charge in [0, 0.05) is 0 Å². The molecule has 1 heterocycles. The molecule has 2 aromatic carbocycles. The molecule has 1 aliphatic heterocycles. The highest BCUT2D eigenvalue weighted by Gasteiger charge is 2.40. The van der Waals surface area contributed by atoms with Gasteiger partial charge in [-0.05, 0) is 35.8 Å². The summed E-state index contributed by atoms with van der Waals surface area (Å²) in [6.45, 7) is 11.1. The van der Waals surface area contributed by atoms with Crippen LogP contribution in [-0.4, -0.2) is 20.8 Å². The second-order valence-corrected chi connectivity index (χ2v) is 12.9. The van der Waals surface area contributed by atoms with E-state index in [1.807, 2.05) is 30.3 Å². The topological polar surface area (TPSA) is 30.8 Å². The third-order valence-corrected chi connectivity index (χ3v) is 9.53. The molecular weight excluding hydrogens is 345 g/mol. The summed E-state index contributed by atoms with van der Waals surface area (Å²) >= 11 is 0. The van der Waals surface area contributed by atoms with Crippen LogP contribution in [0.4, 0.5) is 4.39 Å². The van der Waals surface area contributed by atoms with E-state index in [9.17, 15) is 0 Å². The Balaban J connectivity index is 1.82. The van der Waals surface area contributed by atoms with Gasteiger partial charge in [-0.25, -0.2) is 9.38 Å². The van der Waals surface area contributed by atoms with Crippen LogP contribution in [0.2, 0.25) is 18.1 Å². The van der Waals surface area contributed by atoms with Crippen LogP contribution in [0.3, 0.4) is 0 Å². The Morgan fingerprint density at radius 1 is 1.08 bits per heavy atom. The van der Waals surface area contributed by atoms with Crippen molar-refractivity contribution in [2.45, 2.75) is 45.0 Å². The zero-order valence-electron chi connectivity index (χ0n) is 16.0. The van der Waals surface area contributed by atoms with Crippen LogP contribution in [0, 0.1) is 5.82 Å². The predicted molar refractivity (Wildman–Crippen MR) is 106 cm³/mol. The molecule has 1 aliphatic rings. The zero-order valence-corrected chi connectivity index (χ0v) is 17.0. The normalized spacial score (nSPS) is 17.6. The second kappa shape index (κ2) is 6.87. The maximum atomic E-state index is 15.1. The van der Waals surface area contributed by atoms with Crippen LogP contribution in [0.1, 0.15) is 38.0 Å². The first kappa shape index (κ1) is 18.6. The average Bonchev–Trinajstić information content (AvgIpc) is 3.06. The van der Waals surface area contributed by atoms with E-state index in [4.69, 9.17) is 9.16 Å². The molecular formula is C21H26FNO2Si. The van der Waals surface area contributed by atoms with Gasteiger partial charge in [-0.3, -0.25) is 0 Å². The van der Waals surface area contributed by atoms with E-state index >= 15 is 4.39 Å². The number of rotatable bonds is 4. The Morgan fingerprint density at radius 3 is 2.42 bits per heavy atom. The van der Waals surface area contributed by atoms with E-state index in [1.165, 1.54) is 0 Å². The molecule has 0 fully saturated rings. The minimum absolute atomic E-state index is 0.00474. The highest BCUT2D eigenvalue weighted by Crippen LogP contribution is 2.38. The molecule has 0 aliphatic carbocycles. The van der Waals surface area contributed by atoms with Crippen LogP contribution in [-0.2, 0) is 4.74 Å². The summed E-state index contributed by atoms with van der Waals surface area (Å²) in [7, 11) is -2.13. The van der Waals surface area contributed by atoms with Gasteiger partial charge in [0.1, 0.15) is 11.9 Å². The third-order valence-electron chi connectivity index (χ3n) is 5.19.